The van der Waals surface area contributed by atoms with Gasteiger partial charge in [0, 0.05) is 25.7 Å². The van der Waals surface area contributed by atoms with Crippen LogP contribution < -0.4 is 0 Å². The quantitative estimate of drug-likeness (QED) is 0.0222. The van der Waals surface area contributed by atoms with Crippen molar-refractivity contribution in [1.82, 2.24) is 0 Å². The molecule has 0 saturated heterocycles. The Hall–Kier alpha value is -1.94. The number of esters is 4. The third kappa shape index (κ3) is 71.1. The zero-order valence-corrected chi connectivity index (χ0v) is 66.2. The summed E-state index contributed by atoms with van der Waals surface area (Å²) >= 11 is 0. The van der Waals surface area contributed by atoms with Crippen LogP contribution >= 0.6 is 15.6 Å². The first kappa shape index (κ1) is 96.1. The Kier molecular flexibility index (Phi) is 66.8. The lowest BCUT2D eigenvalue weighted by molar-refractivity contribution is -0.161. The van der Waals surface area contributed by atoms with Gasteiger partial charge in [-0.1, -0.05) is 351 Å². The van der Waals surface area contributed by atoms with Gasteiger partial charge in [0.05, 0.1) is 26.4 Å². The van der Waals surface area contributed by atoms with Crippen LogP contribution in [0.2, 0.25) is 0 Å². The van der Waals surface area contributed by atoms with E-state index in [1.807, 2.05) is 0 Å². The highest BCUT2D eigenvalue weighted by atomic mass is 31.2. The smallest absolute Gasteiger partial charge is 0.462 e. The monoisotopic (exact) mass is 1440 g/mol. The maximum atomic E-state index is 13.1. The number of ether oxygens (including phenoxy) is 4. The summed E-state index contributed by atoms with van der Waals surface area (Å²) in [5, 5.41) is 10.6. The van der Waals surface area contributed by atoms with E-state index in [0.717, 1.165) is 114 Å². The van der Waals surface area contributed by atoms with Crippen LogP contribution in [0.15, 0.2) is 0 Å². The highest BCUT2D eigenvalue weighted by molar-refractivity contribution is 7.47. The number of hydrogen-bond acceptors (Lipinski definition) is 15. The molecule has 0 amide bonds. The first-order valence-corrected chi connectivity index (χ1v) is 43.7. The molecule has 582 valence electrons. The van der Waals surface area contributed by atoms with E-state index >= 15 is 0 Å². The van der Waals surface area contributed by atoms with Crippen LogP contribution in [-0.2, 0) is 65.4 Å². The summed E-state index contributed by atoms with van der Waals surface area (Å²) in [4.78, 5) is 72.9. The molecule has 98 heavy (non-hydrogen) atoms. The first-order valence-electron chi connectivity index (χ1n) is 40.7. The van der Waals surface area contributed by atoms with Gasteiger partial charge in [-0.3, -0.25) is 37.3 Å². The molecular formula is C79H154O17P2. The molecule has 0 aromatic heterocycles. The summed E-state index contributed by atoms with van der Waals surface area (Å²) in [5.74, 6) is 0.985. The minimum atomic E-state index is -4.96. The molecule has 0 aromatic carbocycles. The van der Waals surface area contributed by atoms with E-state index in [0.29, 0.717) is 31.6 Å². The molecule has 0 aliphatic heterocycles. The lowest BCUT2D eigenvalue weighted by Crippen LogP contribution is -2.30. The molecule has 4 unspecified atom stereocenters. The third-order valence-corrected chi connectivity index (χ3v) is 20.6. The van der Waals surface area contributed by atoms with Crippen molar-refractivity contribution >= 4 is 39.5 Å². The first-order chi connectivity index (χ1) is 47.1. The molecule has 0 aromatic rings. The van der Waals surface area contributed by atoms with Gasteiger partial charge < -0.3 is 33.8 Å². The largest absolute Gasteiger partial charge is 0.472 e. The van der Waals surface area contributed by atoms with E-state index in [9.17, 15) is 43.2 Å². The Morgan fingerprint density at radius 2 is 0.490 bits per heavy atom. The fraction of sp³-hybridized carbons (Fsp3) is 0.949. The number of carbonyl (C=O) groups excluding carboxylic acids is 4. The number of phosphoric ester groups is 2. The average Bonchev–Trinajstić information content (AvgIpc) is 1.37. The number of unbranched alkanes of at least 4 members (excludes halogenated alkanes) is 41. The summed E-state index contributed by atoms with van der Waals surface area (Å²) < 4.78 is 68.6. The molecule has 0 heterocycles. The van der Waals surface area contributed by atoms with Crippen LogP contribution in [0, 0.1) is 23.7 Å². The second-order valence-corrected chi connectivity index (χ2v) is 33.0. The van der Waals surface area contributed by atoms with Gasteiger partial charge >= 0.3 is 39.5 Å². The zero-order valence-electron chi connectivity index (χ0n) is 64.4. The number of carbonyl (C=O) groups is 4. The SMILES string of the molecule is CCC(C)CCCCCCCCCCCCCCCCC(=O)OC[C@H](COP(=O)(O)OCC(O)COP(=O)(O)OC[C@@H](COC(=O)CCCCCCCCCC(C)C)OC(=O)CCCCCCCCCCCCCCCCC(C)C)OC(=O)CCCCCCCCCCCCC(C)C. The van der Waals surface area contributed by atoms with Crippen molar-refractivity contribution in [1.29, 1.82) is 0 Å². The van der Waals surface area contributed by atoms with Crippen LogP contribution in [0.5, 0.6) is 0 Å². The van der Waals surface area contributed by atoms with Crippen molar-refractivity contribution in [3.8, 4) is 0 Å². The van der Waals surface area contributed by atoms with Gasteiger partial charge in [0.15, 0.2) is 12.2 Å². The third-order valence-electron chi connectivity index (χ3n) is 18.7. The van der Waals surface area contributed by atoms with Crippen LogP contribution in [0.1, 0.15) is 402 Å². The Balaban J connectivity index is 5.23. The van der Waals surface area contributed by atoms with Crippen LogP contribution in [0.25, 0.3) is 0 Å². The second kappa shape index (κ2) is 68.2. The molecule has 0 rings (SSSR count). The molecule has 0 aliphatic rings. The van der Waals surface area contributed by atoms with Crippen molar-refractivity contribution in [2.24, 2.45) is 23.7 Å². The molecule has 19 heteroatoms. The molecule has 0 saturated carbocycles. The van der Waals surface area contributed by atoms with Crippen LogP contribution in [0.4, 0.5) is 0 Å². The highest BCUT2D eigenvalue weighted by Crippen LogP contribution is 2.45. The number of phosphoric acid groups is 2. The van der Waals surface area contributed by atoms with Gasteiger partial charge in [0.1, 0.15) is 19.3 Å². The number of aliphatic hydroxyl groups is 1. The summed E-state index contributed by atoms with van der Waals surface area (Å²) in [5.41, 5.74) is 0. The average molecular weight is 1440 g/mol. The molecule has 17 nitrogen and oxygen atoms in total. The van der Waals surface area contributed by atoms with Crippen molar-refractivity contribution in [3.63, 3.8) is 0 Å². The Labute approximate surface area is 600 Å². The predicted octanol–water partition coefficient (Wildman–Crippen LogP) is 23.2. The Morgan fingerprint density at radius 1 is 0.286 bits per heavy atom. The fourth-order valence-corrected chi connectivity index (χ4v) is 13.6. The minimum absolute atomic E-state index is 0.106. The highest BCUT2D eigenvalue weighted by Gasteiger charge is 2.30. The molecule has 0 spiro atoms. The van der Waals surface area contributed by atoms with Gasteiger partial charge in [-0.25, -0.2) is 9.13 Å². The zero-order chi connectivity index (χ0) is 72.4. The van der Waals surface area contributed by atoms with Crippen molar-refractivity contribution in [3.05, 3.63) is 0 Å². The van der Waals surface area contributed by atoms with Crippen molar-refractivity contribution in [2.45, 2.75) is 420 Å². The van der Waals surface area contributed by atoms with Gasteiger partial charge in [-0.15, -0.1) is 0 Å². The molecule has 3 N–H and O–H groups in total. The van der Waals surface area contributed by atoms with Gasteiger partial charge in [-0.2, -0.15) is 0 Å². The number of aliphatic hydroxyl groups excluding tert-OH is 1. The Morgan fingerprint density at radius 3 is 0.724 bits per heavy atom. The van der Waals surface area contributed by atoms with E-state index in [2.05, 4.69) is 55.4 Å². The maximum absolute atomic E-state index is 13.1. The van der Waals surface area contributed by atoms with Gasteiger partial charge in [0.25, 0.3) is 0 Å². The number of hydrogen-bond donors (Lipinski definition) is 3. The van der Waals surface area contributed by atoms with E-state index in [1.54, 1.807) is 0 Å². The van der Waals surface area contributed by atoms with E-state index in [-0.39, 0.29) is 25.7 Å². The normalized spacial score (nSPS) is 14.3. The Bertz CT molecular complexity index is 1920. The summed E-state index contributed by atoms with van der Waals surface area (Å²) in [7, 11) is -9.92. The van der Waals surface area contributed by atoms with Gasteiger partial charge in [0.2, 0.25) is 0 Å². The molecular weight excluding hydrogens is 1280 g/mol. The molecule has 0 radical (unpaired) electrons. The van der Waals surface area contributed by atoms with Crippen LogP contribution in [-0.4, -0.2) is 96.7 Å². The summed E-state index contributed by atoms with van der Waals surface area (Å²) in [6, 6.07) is 0. The van der Waals surface area contributed by atoms with Crippen molar-refractivity contribution in [2.75, 3.05) is 39.6 Å². The van der Waals surface area contributed by atoms with Crippen molar-refractivity contribution < 1.29 is 80.2 Å². The topological polar surface area (TPSA) is 237 Å². The minimum Gasteiger partial charge on any atom is -0.462 e. The standard InChI is InChI=1S/C79H154O17P2/c1-9-72(8)58-50-42-34-26-19-15-11-13-16-20-27-35-43-51-59-76(81)89-65-74(95-79(84)62-54-46-37-29-23-22-25-32-40-48-56-70(4)5)67-93-97(85,86)91-63-73(80)64-92-98(87,88)94-68-75(66-90-77(82)60-52-44-38-30-33-41-49-57-71(6)7)96-78(83)61-53-45-36-28-21-17-12-10-14-18-24-31-39-47-55-69(2)3/h69-75,80H,9-68H2,1-8H3,(H,85,86)(H,87,88)/t72?,73?,74-,75-/m1/s1. The lowest BCUT2D eigenvalue weighted by atomic mass is 9.99. The fourth-order valence-electron chi connectivity index (χ4n) is 12.0. The van der Waals surface area contributed by atoms with E-state index < -0.39 is 97.5 Å². The van der Waals surface area contributed by atoms with Crippen LogP contribution in [0.3, 0.4) is 0 Å². The van der Waals surface area contributed by atoms with E-state index in [1.165, 1.54) is 199 Å². The summed E-state index contributed by atoms with van der Waals surface area (Å²) in [6.07, 6.45) is 54.1. The maximum Gasteiger partial charge on any atom is 0.472 e. The summed E-state index contributed by atoms with van der Waals surface area (Å²) in [6.45, 7) is 14.2. The molecule has 0 bridgehead atoms. The van der Waals surface area contributed by atoms with Gasteiger partial charge in [-0.05, 0) is 49.4 Å². The molecule has 6 atom stereocenters. The van der Waals surface area contributed by atoms with E-state index in [4.69, 9.17) is 37.0 Å². The second-order valence-electron chi connectivity index (χ2n) is 30.1. The number of rotatable bonds is 76. The lowest BCUT2D eigenvalue weighted by Gasteiger charge is -2.21. The molecule has 0 aliphatic carbocycles. The predicted molar refractivity (Wildman–Crippen MR) is 400 cm³/mol. The molecule has 0 fully saturated rings.